The smallest absolute Gasteiger partial charge is 0.315 e. The normalized spacial score (nSPS) is 32.3. The Morgan fingerprint density at radius 1 is 1.08 bits per heavy atom. The van der Waals surface area contributed by atoms with Crippen LogP contribution in [-0.4, -0.2) is 32.3 Å². The third kappa shape index (κ3) is 3.42. The maximum absolute atomic E-state index is 12.2. The molecular formula is C20H28N2O3. The van der Waals surface area contributed by atoms with E-state index < -0.39 is 0 Å². The number of amides is 2. The van der Waals surface area contributed by atoms with Crippen LogP contribution < -0.4 is 20.1 Å². The minimum Gasteiger partial charge on any atom is -0.497 e. The van der Waals surface area contributed by atoms with Gasteiger partial charge in [-0.05, 0) is 73.6 Å². The van der Waals surface area contributed by atoms with Crippen LogP contribution in [-0.2, 0) is 0 Å². The Hall–Kier alpha value is -1.91. The van der Waals surface area contributed by atoms with Crippen molar-refractivity contribution >= 4 is 6.03 Å². The van der Waals surface area contributed by atoms with Gasteiger partial charge in [-0.15, -0.1) is 0 Å². The van der Waals surface area contributed by atoms with E-state index in [4.69, 9.17) is 9.47 Å². The van der Waals surface area contributed by atoms with Crippen LogP contribution in [0.15, 0.2) is 24.3 Å². The molecule has 0 spiro atoms. The minimum atomic E-state index is -0.0505. The van der Waals surface area contributed by atoms with E-state index in [1.165, 1.54) is 32.1 Å². The highest BCUT2D eigenvalue weighted by Crippen LogP contribution is 2.58. The van der Waals surface area contributed by atoms with E-state index in [1.807, 2.05) is 24.3 Å². The van der Waals surface area contributed by atoms with Crippen LogP contribution in [0.25, 0.3) is 0 Å². The van der Waals surface area contributed by atoms with Gasteiger partial charge in [0.25, 0.3) is 0 Å². The fourth-order valence-electron chi connectivity index (χ4n) is 5.46. The number of benzene rings is 1. The lowest BCUT2D eigenvalue weighted by Crippen LogP contribution is -2.47. The van der Waals surface area contributed by atoms with E-state index in [9.17, 15) is 4.79 Å². The summed E-state index contributed by atoms with van der Waals surface area (Å²) >= 11 is 0. The van der Waals surface area contributed by atoms with Crippen LogP contribution in [0.1, 0.15) is 32.1 Å². The summed E-state index contributed by atoms with van der Waals surface area (Å²) in [5, 5.41) is 6.14. The average molecular weight is 344 g/mol. The third-order valence-electron chi connectivity index (χ3n) is 6.46. The summed E-state index contributed by atoms with van der Waals surface area (Å²) < 4.78 is 10.7. The first kappa shape index (κ1) is 16.6. The molecule has 5 heteroatoms. The highest BCUT2D eigenvalue weighted by Gasteiger charge is 2.53. The molecule has 4 rings (SSSR count). The van der Waals surface area contributed by atoms with Crippen LogP contribution in [0.4, 0.5) is 4.79 Å². The number of nitrogens with one attached hydrogen (secondary N) is 2. The Bertz CT molecular complexity index is 603. The Morgan fingerprint density at radius 3 is 2.64 bits per heavy atom. The van der Waals surface area contributed by atoms with Gasteiger partial charge in [-0.3, -0.25) is 0 Å². The molecule has 2 bridgehead atoms. The molecule has 136 valence electrons. The molecule has 3 aliphatic carbocycles. The number of carbonyl (C=O) groups excluding carboxylic acids is 1. The molecule has 1 aromatic rings. The molecule has 25 heavy (non-hydrogen) atoms. The van der Waals surface area contributed by atoms with Gasteiger partial charge in [0, 0.05) is 6.04 Å². The van der Waals surface area contributed by atoms with Gasteiger partial charge in [0.1, 0.15) is 18.1 Å². The third-order valence-corrected chi connectivity index (χ3v) is 6.46. The lowest BCUT2D eigenvalue weighted by Gasteiger charge is -2.32. The van der Waals surface area contributed by atoms with Gasteiger partial charge in [-0.1, -0.05) is 6.42 Å². The number of rotatable bonds is 6. The van der Waals surface area contributed by atoms with Crippen molar-refractivity contribution in [2.24, 2.45) is 23.7 Å². The Labute approximate surface area is 149 Å². The zero-order valence-electron chi connectivity index (χ0n) is 14.9. The number of carbonyl (C=O) groups is 1. The van der Waals surface area contributed by atoms with E-state index in [-0.39, 0.29) is 6.03 Å². The molecule has 0 saturated heterocycles. The lowest BCUT2D eigenvalue weighted by molar-refractivity contribution is 0.196. The molecule has 0 radical (unpaired) electrons. The van der Waals surface area contributed by atoms with E-state index >= 15 is 0 Å². The molecule has 0 heterocycles. The second-order valence-electron chi connectivity index (χ2n) is 7.68. The molecule has 0 aliphatic heterocycles. The summed E-state index contributed by atoms with van der Waals surface area (Å²) in [4.78, 5) is 12.2. The molecule has 5 unspecified atom stereocenters. The highest BCUT2D eigenvalue weighted by molar-refractivity contribution is 5.74. The second-order valence-corrected chi connectivity index (χ2v) is 7.68. The van der Waals surface area contributed by atoms with Crippen LogP contribution in [0.3, 0.4) is 0 Å². The summed E-state index contributed by atoms with van der Waals surface area (Å²) in [7, 11) is 1.64. The molecule has 3 fully saturated rings. The van der Waals surface area contributed by atoms with Crippen molar-refractivity contribution in [1.82, 2.24) is 10.6 Å². The molecule has 2 amide bonds. The number of urea groups is 1. The zero-order chi connectivity index (χ0) is 17.2. The minimum absolute atomic E-state index is 0.0505. The van der Waals surface area contributed by atoms with Gasteiger partial charge in [-0.2, -0.15) is 0 Å². The highest BCUT2D eigenvalue weighted by atomic mass is 16.5. The van der Waals surface area contributed by atoms with Crippen LogP contribution >= 0.6 is 0 Å². The standard InChI is InChI=1S/C20H28N2O3/c1-24-14-5-7-15(8-6-14)25-10-9-21-20(23)22-19-12-13-11-18(19)17-4-2-3-16(13)17/h5-8,13,16-19H,2-4,9-12H2,1H3,(H2,21,22,23). The average Bonchev–Trinajstić information content (AvgIpc) is 3.32. The van der Waals surface area contributed by atoms with Crippen molar-refractivity contribution in [3.05, 3.63) is 24.3 Å². The Kier molecular flexibility index (Phi) is 4.73. The van der Waals surface area contributed by atoms with E-state index in [2.05, 4.69) is 10.6 Å². The van der Waals surface area contributed by atoms with Gasteiger partial charge in [0.05, 0.1) is 13.7 Å². The maximum atomic E-state index is 12.2. The molecule has 5 atom stereocenters. The fourth-order valence-corrected chi connectivity index (χ4v) is 5.46. The number of ether oxygens (including phenoxy) is 2. The van der Waals surface area contributed by atoms with Crippen LogP contribution in [0, 0.1) is 23.7 Å². The quantitative estimate of drug-likeness (QED) is 0.779. The summed E-state index contributed by atoms with van der Waals surface area (Å²) in [6, 6.07) is 7.79. The number of hydrogen-bond donors (Lipinski definition) is 2. The predicted octanol–water partition coefficient (Wildman–Crippen LogP) is 3.20. The topological polar surface area (TPSA) is 59.6 Å². The van der Waals surface area contributed by atoms with Crippen LogP contribution in [0.2, 0.25) is 0 Å². The predicted molar refractivity (Wildman–Crippen MR) is 95.9 cm³/mol. The van der Waals surface area contributed by atoms with Gasteiger partial charge in [-0.25, -0.2) is 4.79 Å². The molecule has 0 aromatic heterocycles. The summed E-state index contributed by atoms with van der Waals surface area (Å²) in [5.74, 6) is 5.01. The van der Waals surface area contributed by atoms with E-state index in [0.717, 1.165) is 35.2 Å². The van der Waals surface area contributed by atoms with Crippen molar-refractivity contribution in [3.8, 4) is 11.5 Å². The molecule has 3 aliphatic rings. The molecule has 2 N–H and O–H groups in total. The number of methoxy groups -OCH3 is 1. The summed E-state index contributed by atoms with van der Waals surface area (Å²) in [6.45, 7) is 0.964. The van der Waals surface area contributed by atoms with Crippen molar-refractivity contribution < 1.29 is 14.3 Å². The van der Waals surface area contributed by atoms with Gasteiger partial charge in [0.2, 0.25) is 0 Å². The molecule has 5 nitrogen and oxygen atoms in total. The Balaban J connectivity index is 1.16. The van der Waals surface area contributed by atoms with Gasteiger partial charge in [0.15, 0.2) is 0 Å². The monoisotopic (exact) mass is 344 g/mol. The Morgan fingerprint density at radius 2 is 1.84 bits per heavy atom. The molecule has 1 aromatic carbocycles. The van der Waals surface area contributed by atoms with Crippen molar-refractivity contribution in [2.45, 2.75) is 38.1 Å². The van der Waals surface area contributed by atoms with E-state index in [0.29, 0.717) is 19.2 Å². The fraction of sp³-hybridized carbons (Fsp3) is 0.650. The molecule has 3 saturated carbocycles. The van der Waals surface area contributed by atoms with Crippen LogP contribution in [0.5, 0.6) is 11.5 Å². The van der Waals surface area contributed by atoms with Gasteiger partial charge < -0.3 is 20.1 Å². The van der Waals surface area contributed by atoms with E-state index in [1.54, 1.807) is 7.11 Å². The summed E-state index contributed by atoms with van der Waals surface area (Å²) in [6.07, 6.45) is 6.71. The molecular weight excluding hydrogens is 316 g/mol. The van der Waals surface area contributed by atoms with Gasteiger partial charge >= 0.3 is 6.03 Å². The van der Waals surface area contributed by atoms with Crippen molar-refractivity contribution in [2.75, 3.05) is 20.3 Å². The van der Waals surface area contributed by atoms with Crippen molar-refractivity contribution in [1.29, 1.82) is 0 Å². The first-order valence-corrected chi connectivity index (χ1v) is 9.56. The first-order valence-electron chi connectivity index (χ1n) is 9.56. The van der Waals surface area contributed by atoms with Crippen molar-refractivity contribution in [3.63, 3.8) is 0 Å². The SMILES string of the molecule is COc1ccc(OCCNC(=O)NC2CC3CC2C2CCCC32)cc1. The maximum Gasteiger partial charge on any atom is 0.315 e. The largest absolute Gasteiger partial charge is 0.497 e. The summed E-state index contributed by atoms with van der Waals surface area (Å²) in [5.41, 5.74) is 0. The second kappa shape index (κ2) is 7.14. The lowest BCUT2D eigenvalue weighted by atomic mass is 9.79. The first-order chi connectivity index (χ1) is 12.2. The number of hydrogen-bond acceptors (Lipinski definition) is 3. The zero-order valence-corrected chi connectivity index (χ0v) is 14.9. The number of fused-ring (bicyclic) bond motifs is 5.